The number of Topliss-reactive ketones (excluding diaryl/α,β-unsaturated/α-hetero) is 1. The summed E-state index contributed by atoms with van der Waals surface area (Å²) in [7, 11) is 1.60. The van der Waals surface area contributed by atoms with Crippen LogP contribution in [0.2, 0.25) is 0 Å². The zero-order valence-corrected chi connectivity index (χ0v) is 10.6. The fourth-order valence-electron chi connectivity index (χ4n) is 1.83. The summed E-state index contributed by atoms with van der Waals surface area (Å²) in [5, 5.41) is 0. The average molecular weight is 244 g/mol. The Morgan fingerprint density at radius 1 is 1.22 bits per heavy atom. The van der Waals surface area contributed by atoms with Crippen LogP contribution in [0, 0.1) is 0 Å². The first-order chi connectivity index (χ1) is 8.74. The van der Waals surface area contributed by atoms with Gasteiger partial charge in [-0.3, -0.25) is 4.79 Å². The highest BCUT2D eigenvalue weighted by Gasteiger charge is 2.13. The maximum atomic E-state index is 12.1. The van der Waals surface area contributed by atoms with Crippen LogP contribution in [0.4, 0.5) is 0 Å². The normalized spacial score (nSPS) is 10.3. The molecule has 0 N–H and O–H groups in total. The number of furan rings is 1. The molecule has 0 aliphatic rings. The van der Waals surface area contributed by atoms with Crippen molar-refractivity contribution < 1.29 is 13.9 Å². The van der Waals surface area contributed by atoms with E-state index in [-0.39, 0.29) is 5.78 Å². The molecule has 0 amide bonds. The number of rotatable bonds is 5. The van der Waals surface area contributed by atoms with Gasteiger partial charge >= 0.3 is 0 Å². The van der Waals surface area contributed by atoms with E-state index in [1.165, 1.54) is 0 Å². The number of aryl methyl sites for hydroxylation is 1. The Labute approximate surface area is 106 Å². The zero-order valence-electron chi connectivity index (χ0n) is 10.6. The van der Waals surface area contributed by atoms with Crippen molar-refractivity contribution in [2.45, 2.75) is 19.8 Å². The van der Waals surface area contributed by atoms with Crippen molar-refractivity contribution in [1.82, 2.24) is 0 Å². The number of ketones is 1. The molecule has 1 aromatic carbocycles. The quantitative estimate of drug-likeness (QED) is 0.758. The van der Waals surface area contributed by atoms with Crippen molar-refractivity contribution >= 4 is 5.78 Å². The van der Waals surface area contributed by atoms with Crippen LogP contribution in [-0.4, -0.2) is 12.9 Å². The van der Waals surface area contributed by atoms with E-state index in [9.17, 15) is 4.79 Å². The highest BCUT2D eigenvalue weighted by Crippen LogP contribution is 2.20. The van der Waals surface area contributed by atoms with Gasteiger partial charge in [0.25, 0.3) is 0 Å². The maximum Gasteiger partial charge on any atom is 0.202 e. The Kier molecular flexibility index (Phi) is 3.82. The highest BCUT2D eigenvalue weighted by atomic mass is 16.5. The molecule has 3 nitrogen and oxygen atoms in total. The molecule has 3 heteroatoms. The number of ether oxygens (including phenoxy) is 1. The Morgan fingerprint density at radius 2 is 2.00 bits per heavy atom. The molecule has 2 aromatic rings. The van der Waals surface area contributed by atoms with Gasteiger partial charge in [-0.1, -0.05) is 25.1 Å². The summed E-state index contributed by atoms with van der Waals surface area (Å²) in [4.78, 5) is 12.1. The molecule has 0 aliphatic heterocycles. The zero-order chi connectivity index (χ0) is 13.0. The van der Waals surface area contributed by atoms with Crippen molar-refractivity contribution in [3.8, 4) is 5.75 Å². The van der Waals surface area contributed by atoms with Crippen molar-refractivity contribution in [3.05, 3.63) is 53.5 Å². The van der Waals surface area contributed by atoms with Gasteiger partial charge < -0.3 is 9.15 Å². The van der Waals surface area contributed by atoms with Crippen LogP contribution < -0.4 is 4.74 Å². The van der Waals surface area contributed by atoms with Gasteiger partial charge in [0.1, 0.15) is 11.5 Å². The third-order valence-electron chi connectivity index (χ3n) is 2.83. The van der Waals surface area contributed by atoms with E-state index in [4.69, 9.17) is 9.15 Å². The number of carbonyl (C=O) groups excluding carboxylic acids is 1. The Bertz CT molecular complexity index is 540. The standard InChI is InChI=1S/C15H16O3/c1-3-12-8-9-15(18-12)13(16)10-11-6-4-5-7-14(11)17-2/h4-9H,3,10H2,1-2H3. The van der Waals surface area contributed by atoms with Gasteiger partial charge in [0.15, 0.2) is 5.76 Å². The molecular formula is C15H16O3. The molecule has 0 unspecified atom stereocenters. The van der Waals surface area contributed by atoms with E-state index in [2.05, 4.69) is 0 Å². The molecule has 0 saturated heterocycles. The monoisotopic (exact) mass is 244 g/mol. The lowest BCUT2D eigenvalue weighted by Crippen LogP contribution is -2.03. The van der Waals surface area contributed by atoms with E-state index in [1.807, 2.05) is 37.3 Å². The second kappa shape index (κ2) is 5.54. The first kappa shape index (κ1) is 12.4. The van der Waals surface area contributed by atoms with E-state index < -0.39 is 0 Å². The molecule has 94 valence electrons. The van der Waals surface area contributed by atoms with Crippen molar-refractivity contribution in [3.63, 3.8) is 0 Å². The smallest absolute Gasteiger partial charge is 0.202 e. The summed E-state index contributed by atoms with van der Waals surface area (Å²) in [6.07, 6.45) is 1.09. The van der Waals surface area contributed by atoms with Gasteiger partial charge in [-0.2, -0.15) is 0 Å². The third-order valence-corrected chi connectivity index (χ3v) is 2.83. The summed E-state index contributed by atoms with van der Waals surface area (Å²) in [6.45, 7) is 1.99. The minimum Gasteiger partial charge on any atom is -0.496 e. The molecule has 0 spiro atoms. The molecule has 0 bridgehead atoms. The predicted molar refractivity (Wildman–Crippen MR) is 69.1 cm³/mol. The summed E-state index contributed by atoms with van der Waals surface area (Å²) in [5.41, 5.74) is 0.874. The number of benzene rings is 1. The summed E-state index contributed by atoms with van der Waals surface area (Å²) in [6, 6.07) is 11.1. The van der Waals surface area contributed by atoms with Gasteiger partial charge in [0.05, 0.1) is 7.11 Å². The molecule has 0 atom stereocenters. The summed E-state index contributed by atoms with van der Waals surface area (Å²) >= 11 is 0. The number of para-hydroxylation sites is 1. The van der Waals surface area contributed by atoms with Gasteiger partial charge in [-0.25, -0.2) is 0 Å². The first-order valence-electron chi connectivity index (χ1n) is 5.98. The Morgan fingerprint density at radius 3 is 2.67 bits per heavy atom. The molecule has 18 heavy (non-hydrogen) atoms. The van der Waals surface area contributed by atoms with E-state index in [1.54, 1.807) is 13.2 Å². The van der Waals surface area contributed by atoms with E-state index in [0.29, 0.717) is 12.2 Å². The molecule has 1 aromatic heterocycles. The fraction of sp³-hybridized carbons (Fsp3) is 0.267. The third kappa shape index (κ3) is 2.62. The minimum atomic E-state index is -0.0285. The number of methoxy groups -OCH3 is 1. The largest absolute Gasteiger partial charge is 0.496 e. The van der Waals surface area contributed by atoms with Crippen molar-refractivity contribution in [2.24, 2.45) is 0 Å². The van der Waals surface area contributed by atoms with E-state index in [0.717, 1.165) is 23.5 Å². The Hall–Kier alpha value is -2.03. The van der Waals surface area contributed by atoms with Crippen LogP contribution in [0.3, 0.4) is 0 Å². The summed E-state index contributed by atoms with van der Waals surface area (Å²) in [5.74, 6) is 1.95. The fourth-order valence-corrected chi connectivity index (χ4v) is 1.83. The lowest BCUT2D eigenvalue weighted by Gasteiger charge is -2.06. The second-order valence-corrected chi connectivity index (χ2v) is 4.03. The van der Waals surface area contributed by atoms with Crippen molar-refractivity contribution in [1.29, 1.82) is 0 Å². The molecule has 0 saturated carbocycles. The van der Waals surface area contributed by atoms with Crippen molar-refractivity contribution in [2.75, 3.05) is 7.11 Å². The van der Waals surface area contributed by atoms with Crippen LogP contribution in [0.25, 0.3) is 0 Å². The van der Waals surface area contributed by atoms with E-state index >= 15 is 0 Å². The predicted octanol–water partition coefficient (Wildman–Crippen LogP) is 3.28. The van der Waals surface area contributed by atoms with Gasteiger partial charge in [0.2, 0.25) is 5.78 Å². The molecule has 0 fully saturated rings. The van der Waals surface area contributed by atoms with Crippen LogP contribution in [-0.2, 0) is 12.8 Å². The van der Waals surface area contributed by atoms with Crippen LogP contribution in [0.15, 0.2) is 40.8 Å². The second-order valence-electron chi connectivity index (χ2n) is 4.03. The average Bonchev–Trinajstić information content (AvgIpc) is 2.88. The van der Waals surface area contributed by atoms with Gasteiger partial charge in [-0.05, 0) is 18.2 Å². The van der Waals surface area contributed by atoms with Crippen LogP contribution >= 0.6 is 0 Å². The topological polar surface area (TPSA) is 39.4 Å². The molecule has 1 heterocycles. The molecular weight excluding hydrogens is 228 g/mol. The van der Waals surface area contributed by atoms with Gasteiger partial charge in [0, 0.05) is 18.4 Å². The van der Waals surface area contributed by atoms with Crippen LogP contribution in [0.5, 0.6) is 5.75 Å². The minimum absolute atomic E-state index is 0.0285. The lowest BCUT2D eigenvalue weighted by atomic mass is 10.1. The summed E-state index contributed by atoms with van der Waals surface area (Å²) < 4.78 is 10.7. The highest BCUT2D eigenvalue weighted by molar-refractivity contribution is 5.95. The molecule has 0 radical (unpaired) electrons. The SMILES string of the molecule is CCc1ccc(C(=O)Cc2ccccc2OC)o1. The number of carbonyl (C=O) groups is 1. The number of hydrogen-bond acceptors (Lipinski definition) is 3. The molecule has 2 rings (SSSR count). The Balaban J connectivity index is 2.16. The van der Waals surface area contributed by atoms with Gasteiger partial charge in [-0.15, -0.1) is 0 Å². The first-order valence-corrected chi connectivity index (χ1v) is 5.98. The lowest BCUT2D eigenvalue weighted by molar-refractivity contribution is 0.0964. The number of hydrogen-bond donors (Lipinski definition) is 0. The van der Waals surface area contributed by atoms with Crippen LogP contribution in [0.1, 0.15) is 28.8 Å². The molecule has 0 aliphatic carbocycles. The maximum absolute atomic E-state index is 12.1.